The number of carbonyl (C=O) groups excluding carboxylic acids is 1. The second-order valence-corrected chi connectivity index (χ2v) is 4.37. The molecule has 1 nitrogen and oxygen atoms in total. The Bertz CT molecular complexity index is 393. The topological polar surface area (TPSA) is 17.1 Å². The Morgan fingerprint density at radius 1 is 1.36 bits per heavy atom. The van der Waals surface area contributed by atoms with Crippen molar-refractivity contribution in [3.63, 3.8) is 0 Å². The Labute approximate surface area is 88.2 Å². The molecule has 0 spiro atoms. The lowest BCUT2D eigenvalue weighted by Gasteiger charge is -2.02. The highest BCUT2D eigenvalue weighted by molar-refractivity contribution is 7.99. The molecule has 0 aliphatic carbocycles. The number of rotatable bonds is 0. The number of hydrogen-bond donors (Lipinski definition) is 0. The molecular formula is C12H12OS. The van der Waals surface area contributed by atoms with Gasteiger partial charge < -0.3 is 0 Å². The molecule has 0 amide bonds. The third-order valence-electron chi connectivity index (χ3n) is 2.40. The summed E-state index contributed by atoms with van der Waals surface area (Å²) in [6.07, 6.45) is 2.82. The van der Waals surface area contributed by atoms with Gasteiger partial charge in [-0.3, -0.25) is 4.79 Å². The average molecular weight is 204 g/mol. The van der Waals surface area contributed by atoms with Crippen molar-refractivity contribution in [1.29, 1.82) is 0 Å². The van der Waals surface area contributed by atoms with E-state index in [1.165, 1.54) is 0 Å². The standard InChI is InChI=1S/C12H12OS/c1-2-9-7-8-14-11-6-4-3-5-10(11)12(9)13/h2-6H,7-8H2,1H3/b9-2-. The van der Waals surface area contributed by atoms with Crippen LogP contribution in [-0.2, 0) is 0 Å². The van der Waals surface area contributed by atoms with Crippen LogP contribution in [0, 0.1) is 0 Å². The molecule has 2 heteroatoms. The van der Waals surface area contributed by atoms with E-state index in [9.17, 15) is 4.79 Å². The van der Waals surface area contributed by atoms with Crippen LogP contribution in [0.15, 0.2) is 40.8 Å². The predicted octanol–water partition coefficient (Wildman–Crippen LogP) is 3.31. The van der Waals surface area contributed by atoms with E-state index >= 15 is 0 Å². The minimum Gasteiger partial charge on any atom is -0.289 e. The molecular weight excluding hydrogens is 192 g/mol. The molecule has 1 heterocycles. The first kappa shape index (κ1) is 9.53. The zero-order valence-corrected chi connectivity index (χ0v) is 8.93. The first-order valence-corrected chi connectivity index (χ1v) is 5.73. The van der Waals surface area contributed by atoms with Gasteiger partial charge in [-0.1, -0.05) is 18.2 Å². The summed E-state index contributed by atoms with van der Waals surface area (Å²) in [6.45, 7) is 1.94. The normalized spacial score (nSPS) is 19.2. The SMILES string of the molecule is C/C=C1/CCSc2ccccc2C1=O. The number of fused-ring (bicyclic) bond motifs is 1. The Morgan fingerprint density at radius 3 is 2.93 bits per heavy atom. The van der Waals surface area contributed by atoms with Crippen LogP contribution in [-0.4, -0.2) is 11.5 Å². The van der Waals surface area contributed by atoms with E-state index in [0.717, 1.165) is 28.2 Å². The Balaban J connectivity index is 2.50. The fourth-order valence-electron chi connectivity index (χ4n) is 1.61. The molecule has 1 aromatic carbocycles. The molecule has 0 aromatic heterocycles. The lowest BCUT2D eigenvalue weighted by Crippen LogP contribution is -2.02. The lowest BCUT2D eigenvalue weighted by atomic mass is 10.0. The minimum absolute atomic E-state index is 0.202. The van der Waals surface area contributed by atoms with Gasteiger partial charge in [0.25, 0.3) is 0 Å². The summed E-state index contributed by atoms with van der Waals surface area (Å²) in [5, 5.41) is 0. The summed E-state index contributed by atoms with van der Waals surface area (Å²) < 4.78 is 0. The van der Waals surface area contributed by atoms with Crippen LogP contribution in [0.3, 0.4) is 0 Å². The zero-order valence-electron chi connectivity index (χ0n) is 8.12. The zero-order chi connectivity index (χ0) is 9.97. The van der Waals surface area contributed by atoms with Crippen molar-refractivity contribution in [2.24, 2.45) is 0 Å². The molecule has 1 aliphatic heterocycles. The summed E-state index contributed by atoms with van der Waals surface area (Å²) in [5.74, 6) is 1.20. The van der Waals surface area contributed by atoms with Crippen LogP contribution in [0.1, 0.15) is 23.7 Å². The van der Waals surface area contributed by atoms with E-state index < -0.39 is 0 Å². The first-order valence-electron chi connectivity index (χ1n) is 4.74. The summed E-state index contributed by atoms with van der Waals surface area (Å²) in [4.78, 5) is 13.1. The molecule has 0 saturated heterocycles. The Morgan fingerprint density at radius 2 is 2.14 bits per heavy atom. The third kappa shape index (κ3) is 1.62. The van der Waals surface area contributed by atoms with Gasteiger partial charge in [-0.25, -0.2) is 0 Å². The second-order valence-electron chi connectivity index (χ2n) is 3.24. The number of allylic oxidation sites excluding steroid dienone is 2. The van der Waals surface area contributed by atoms with Gasteiger partial charge in [0.2, 0.25) is 0 Å². The molecule has 2 rings (SSSR count). The molecule has 0 N–H and O–H groups in total. The van der Waals surface area contributed by atoms with Crippen molar-refractivity contribution in [3.05, 3.63) is 41.5 Å². The van der Waals surface area contributed by atoms with Gasteiger partial charge in [0.15, 0.2) is 5.78 Å². The largest absolute Gasteiger partial charge is 0.289 e. The Hall–Kier alpha value is -1.02. The third-order valence-corrected chi connectivity index (χ3v) is 3.48. The maximum absolute atomic E-state index is 12.0. The molecule has 0 bridgehead atoms. The van der Waals surface area contributed by atoms with E-state index in [-0.39, 0.29) is 5.78 Å². The van der Waals surface area contributed by atoms with E-state index in [0.29, 0.717) is 0 Å². The maximum Gasteiger partial charge on any atom is 0.189 e. The van der Waals surface area contributed by atoms with Gasteiger partial charge in [0.05, 0.1) is 0 Å². The monoisotopic (exact) mass is 204 g/mol. The number of Topliss-reactive ketones (excluding diaryl/α,β-unsaturated/α-hetero) is 1. The predicted molar refractivity (Wildman–Crippen MR) is 59.9 cm³/mol. The van der Waals surface area contributed by atoms with Gasteiger partial charge in [-0.2, -0.15) is 0 Å². The van der Waals surface area contributed by atoms with Crippen LogP contribution >= 0.6 is 11.8 Å². The van der Waals surface area contributed by atoms with Gasteiger partial charge in [-0.05, 0) is 31.1 Å². The Kier molecular flexibility index (Phi) is 2.73. The van der Waals surface area contributed by atoms with Crippen molar-refractivity contribution < 1.29 is 4.79 Å². The van der Waals surface area contributed by atoms with Gasteiger partial charge in [-0.15, -0.1) is 11.8 Å². The number of carbonyl (C=O) groups is 1. The molecule has 0 unspecified atom stereocenters. The number of ketones is 1. The van der Waals surface area contributed by atoms with Crippen molar-refractivity contribution in [2.75, 3.05) is 5.75 Å². The maximum atomic E-state index is 12.0. The van der Waals surface area contributed by atoms with Crippen molar-refractivity contribution in [2.45, 2.75) is 18.2 Å². The smallest absolute Gasteiger partial charge is 0.189 e. The van der Waals surface area contributed by atoms with Gasteiger partial charge in [0.1, 0.15) is 0 Å². The van der Waals surface area contributed by atoms with Crippen molar-refractivity contribution >= 4 is 17.5 Å². The summed E-state index contributed by atoms with van der Waals surface area (Å²) in [5.41, 5.74) is 1.81. The van der Waals surface area contributed by atoms with Crippen molar-refractivity contribution in [3.8, 4) is 0 Å². The first-order chi connectivity index (χ1) is 6.83. The summed E-state index contributed by atoms with van der Waals surface area (Å²) >= 11 is 1.77. The molecule has 1 aromatic rings. The van der Waals surface area contributed by atoms with Gasteiger partial charge >= 0.3 is 0 Å². The molecule has 72 valence electrons. The summed E-state index contributed by atoms with van der Waals surface area (Å²) in [6, 6.07) is 7.85. The molecule has 14 heavy (non-hydrogen) atoms. The number of hydrogen-bond acceptors (Lipinski definition) is 2. The van der Waals surface area contributed by atoms with Gasteiger partial charge in [0, 0.05) is 16.2 Å². The molecule has 0 atom stereocenters. The molecule has 1 aliphatic rings. The minimum atomic E-state index is 0.202. The van der Waals surface area contributed by atoms with Crippen LogP contribution in [0.5, 0.6) is 0 Å². The van der Waals surface area contributed by atoms with E-state index in [1.807, 2.05) is 37.3 Å². The molecule has 0 saturated carbocycles. The second kappa shape index (κ2) is 4.01. The quantitative estimate of drug-likeness (QED) is 0.603. The fraction of sp³-hybridized carbons (Fsp3) is 0.250. The molecule has 0 fully saturated rings. The lowest BCUT2D eigenvalue weighted by molar-refractivity contribution is 0.102. The number of thioether (sulfide) groups is 1. The number of benzene rings is 1. The van der Waals surface area contributed by atoms with Crippen LogP contribution in [0.25, 0.3) is 0 Å². The average Bonchev–Trinajstić information content (AvgIpc) is 2.39. The van der Waals surface area contributed by atoms with E-state index in [4.69, 9.17) is 0 Å². The van der Waals surface area contributed by atoms with E-state index in [1.54, 1.807) is 11.8 Å². The highest BCUT2D eigenvalue weighted by atomic mass is 32.2. The van der Waals surface area contributed by atoms with Crippen molar-refractivity contribution in [1.82, 2.24) is 0 Å². The highest BCUT2D eigenvalue weighted by Crippen LogP contribution is 2.30. The highest BCUT2D eigenvalue weighted by Gasteiger charge is 2.18. The van der Waals surface area contributed by atoms with Crippen LogP contribution in [0.4, 0.5) is 0 Å². The summed E-state index contributed by atoms with van der Waals surface area (Å²) in [7, 11) is 0. The van der Waals surface area contributed by atoms with Crippen LogP contribution < -0.4 is 0 Å². The fourth-order valence-corrected chi connectivity index (χ4v) is 2.65. The molecule has 0 radical (unpaired) electrons. The van der Waals surface area contributed by atoms with E-state index in [2.05, 4.69) is 0 Å². The van der Waals surface area contributed by atoms with Crippen LogP contribution in [0.2, 0.25) is 0 Å².